The number of hydrogen-bond donors (Lipinski definition) is 1. The third kappa shape index (κ3) is 3.32. The van der Waals surface area contributed by atoms with Gasteiger partial charge in [0.05, 0.1) is 4.47 Å². The zero-order chi connectivity index (χ0) is 12.3. The minimum Gasteiger partial charge on any atom is -0.368 e. The van der Waals surface area contributed by atoms with Crippen LogP contribution in [0.1, 0.15) is 27.7 Å². The first-order valence-electron chi connectivity index (χ1n) is 5.24. The maximum atomic E-state index is 5.89. The summed E-state index contributed by atoms with van der Waals surface area (Å²) in [6.07, 6.45) is 1.46. The van der Waals surface area contributed by atoms with Crippen LogP contribution in [0.15, 0.2) is 10.8 Å². The normalized spacial score (nSPS) is 11.9. The van der Waals surface area contributed by atoms with Gasteiger partial charge in [-0.2, -0.15) is 0 Å². The minimum atomic E-state index is 0.205. The van der Waals surface area contributed by atoms with E-state index in [4.69, 9.17) is 11.6 Å². The van der Waals surface area contributed by atoms with Crippen LogP contribution >= 0.6 is 27.5 Å². The van der Waals surface area contributed by atoms with E-state index in [9.17, 15) is 0 Å². The van der Waals surface area contributed by atoms with Crippen molar-refractivity contribution < 1.29 is 0 Å². The topological polar surface area (TPSA) is 37.8 Å². The molecule has 1 rings (SSSR count). The van der Waals surface area contributed by atoms with Crippen LogP contribution in [0, 0.1) is 11.3 Å². The van der Waals surface area contributed by atoms with Gasteiger partial charge in [-0.15, -0.1) is 0 Å². The average molecular weight is 307 g/mol. The Morgan fingerprint density at radius 2 is 2.06 bits per heavy atom. The first-order chi connectivity index (χ1) is 7.34. The van der Waals surface area contributed by atoms with E-state index < -0.39 is 0 Å². The predicted octanol–water partition coefficient (Wildman–Crippen LogP) is 3.99. The van der Waals surface area contributed by atoms with Crippen molar-refractivity contribution in [1.29, 1.82) is 0 Å². The predicted molar refractivity (Wildman–Crippen MR) is 71.9 cm³/mol. The lowest BCUT2D eigenvalue weighted by atomic mass is 9.81. The first kappa shape index (κ1) is 13.7. The van der Waals surface area contributed by atoms with Crippen molar-refractivity contribution in [3.05, 3.63) is 16.0 Å². The van der Waals surface area contributed by atoms with Gasteiger partial charge < -0.3 is 5.32 Å². The number of anilines is 1. The van der Waals surface area contributed by atoms with Crippen molar-refractivity contribution in [3.8, 4) is 0 Å². The molecule has 0 spiro atoms. The molecule has 3 nitrogen and oxygen atoms in total. The standard InChI is InChI=1S/C11H17BrClN3/c1-7(2)11(3,4)5-14-10-8(12)9(13)15-6-16-10/h6-7H,5H2,1-4H3,(H,14,15,16). The highest BCUT2D eigenvalue weighted by atomic mass is 79.9. The Labute approximate surface area is 110 Å². The molecular weight excluding hydrogens is 289 g/mol. The summed E-state index contributed by atoms with van der Waals surface area (Å²) in [5, 5.41) is 3.72. The second-order valence-electron chi connectivity index (χ2n) is 4.82. The quantitative estimate of drug-likeness (QED) is 0.855. The van der Waals surface area contributed by atoms with Gasteiger partial charge in [-0.3, -0.25) is 0 Å². The fraction of sp³-hybridized carbons (Fsp3) is 0.636. The lowest BCUT2D eigenvalue weighted by molar-refractivity contribution is 0.269. The monoisotopic (exact) mass is 305 g/mol. The van der Waals surface area contributed by atoms with Gasteiger partial charge in [0.25, 0.3) is 0 Å². The molecule has 1 N–H and O–H groups in total. The molecule has 0 unspecified atom stereocenters. The van der Waals surface area contributed by atoms with Crippen LogP contribution in [-0.2, 0) is 0 Å². The molecule has 0 atom stereocenters. The first-order valence-corrected chi connectivity index (χ1v) is 6.41. The largest absolute Gasteiger partial charge is 0.368 e. The Kier molecular flexibility index (Phi) is 4.56. The summed E-state index contributed by atoms with van der Waals surface area (Å²) in [4.78, 5) is 8.03. The van der Waals surface area contributed by atoms with E-state index in [-0.39, 0.29) is 5.41 Å². The van der Waals surface area contributed by atoms with Crippen molar-refractivity contribution in [1.82, 2.24) is 9.97 Å². The Morgan fingerprint density at radius 3 is 2.62 bits per heavy atom. The lowest BCUT2D eigenvalue weighted by Crippen LogP contribution is -2.28. The van der Waals surface area contributed by atoms with Crippen molar-refractivity contribution in [2.45, 2.75) is 27.7 Å². The highest BCUT2D eigenvalue weighted by Crippen LogP contribution is 2.29. The summed E-state index contributed by atoms with van der Waals surface area (Å²) in [6.45, 7) is 9.71. The van der Waals surface area contributed by atoms with E-state index in [2.05, 4.69) is 58.9 Å². The molecule has 0 saturated carbocycles. The molecule has 16 heavy (non-hydrogen) atoms. The SMILES string of the molecule is CC(C)C(C)(C)CNc1ncnc(Cl)c1Br. The summed E-state index contributed by atoms with van der Waals surface area (Å²) in [7, 11) is 0. The molecule has 1 aromatic rings. The van der Waals surface area contributed by atoms with Crippen molar-refractivity contribution in [2.24, 2.45) is 11.3 Å². The van der Waals surface area contributed by atoms with Gasteiger partial charge in [-0.05, 0) is 27.3 Å². The molecule has 0 bridgehead atoms. The Hall–Kier alpha value is -0.350. The molecule has 0 fully saturated rings. The van der Waals surface area contributed by atoms with Gasteiger partial charge in [0.1, 0.15) is 17.3 Å². The molecule has 0 saturated heterocycles. The molecule has 0 aromatic carbocycles. The van der Waals surface area contributed by atoms with E-state index in [0.29, 0.717) is 11.1 Å². The van der Waals surface area contributed by atoms with Gasteiger partial charge in [0.15, 0.2) is 0 Å². The van der Waals surface area contributed by atoms with Crippen LogP contribution in [0.5, 0.6) is 0 Å². The molecule has 0 aliphatic rings. The van der Waals surface area contributed by atoms with Gasteiger partial charge in [0, 0.05) is 6.54 Å². The maximum Gasteiger partial charge on any atom is 0.148 e. The van der Waals surface area contributed by atoms with E-state index >= 15 is 0 Å². The van der Waals surface area contributed by atoms with Crippen LogP contribution in [0.3, 0.4) is 0 Å². The van der Waals surface area contributed by atoms with E-state index in [1.54, 1.807) is 0 Å². The molecular formula is C11H17BrClN3. The minimum absolute atomic E-state index is 0.205. The summed E-state index contributed by atoms with van der Waals surface area (Å²) in [5.74, 6) is 1.34. The smallest absolute Gasteiger partial charge is 0.148 e. The molecule has 0 aliphatic carbocycles. The van der Waals surface area contributed by atoms with Crippen LogP contribution in [0.25, 0.3) is 0 Å². The third-order valence-corrected chi connectivity index (χ3v) is 4.29. The molecule has 5 heteroatoms. The highest BCUT2D eigenvalue weighted by Gasteiger charge is 2.22. The van der Waals surface area contributed by atoms with E-state index in [1.807, 2.05) is 0 Å². The van der Waals surface area contributed by atoms with Crippen LogP contribution in [-0.4, -0.2) is 16.5 Å². The van der Waals surface area contributed by atoms with Crippen molar-refractivity contribution >= 4 is 33.3 Å². The number of aromatic nitrogens is 2. The van der Waals surface area contributed by atoms with Gasteiger partial charge in [0.2, 0.25) is 0 Å². The molecule has 0 radical (unpaired) electrons. The number of nitrogens with zero attached hydrogens (tertiary/aromatic N) is 2. The van der Waals surface area contributed by atoms with Gasteiger partial charge in [-0.1, -0.05) is 39.3 Å². The Morgan fingerprint density at radius 1 is 1.44 bits per heavy atom. The number of nitrogens with one attached hydrogen (secondary N) is 1. The van der Waals surface area contributed by atoms with E-state index in [0.717, 1.165) is 16.8 Å². The highest BCUT2D eigenvalue weighted by molar-refractivity contribution is 9.10. The fourth-order valence-electron chi connectivity index (χ4n) is 0.987. The summed E-state index contributed by atoms with van der Waals surface area (Å²) < 4.78 is 0.719. The molecule has 90 valence electrons. The summed E-state index contributed by atoms with van der Waals surface area (Å²) in [5.41, 5.74) is 0.205. The van der Waals surface area contributed by atoms with Gasteiger partial charge >= 0.3 is 0 Å². The fourth-order valence-corrected chi connectivity index (χ4v) is 1.47. The second kappa shape index (κ2) is 5.32. The Bertz CT molecular complexity index is 366. The van der Waals surface area contributed by atoms with Crippen LogP contribution in [0.2, 0.25) is 5.15 Å². The van der Waals surface area contributed by atoms with Crippen molar-refractivity contribution in [3.63, 3.8) is 0 Å². The van der Waals surface area contributed by atoms with Crippen LogP contribution < -0.4 is 5.32 Å². The molecule has 0 aliphatic heterocycles. The number of rotatable bonds is 4. The molecule has 0 amide bonds. The third-order valence-electron chi connectivity index (χ3n) is 3.02. The summed E-state index contributed by atoms with van der Waals surface area (Å²) >= 11 is 9.25. The Balaban J connectivity index is 2.72. The molecule has 1 heterocycles. The average Bonchev–Trinajstić information content (AvgIpc) is 2.20. The van der Waals surface area contributed by atoms with Crippen LogP contribution in [0.4, 0.5) is 5.82 Å². The summed E-state index contributed by atoms with van der Waals surface area (Å²) in [6, 6.07) is 0. The van der Waals surface area contributed by atoms with Crippen molar-refractivity contribution in [2.75, 3.05) is 11.9 Å². The van der Waals surface area contributed by atoms with Gasteiger partial charge in [-0.25, -0.2) is 9.97 Å². The number of hydrogen-bond acceptors (Lipinski definition) is 3. The molecule has 1 aromatic heterocycles. The van der Waals surface area contributed by atoms with E-state index in [1.165, 1.54) is 6.33 Å². The number of halogens is 2. The zero-order valence-electron chi connectivity index (χ0n) is 10.0. The lowest BCUT2D eigenvalue weighted by Gasteiger charge is -2.29. The second-order valence-corrected chi connectivity index (χ2v) is 5.97. The maximum absolute atomic E-state index is 5.89. The zero-order valence-corrected chi connectivity index (χ0v) is 12.4.